The molecule has 5 rings (SSSR count). The number of anilines is 1. The Hall–Kier alpha value is -4.22. The van der Waals surface area contributed by atoms with Gasteiger partial charge in [0.25, 0.3) is 0 Å². The van der Waals surface area contributed by atoms with Crippen molar-refractivity contribution in [3.8, 4) is 39.8 Å². The summed E-state index contributed by atoms with van der Waals surface area (Å²) in [5.74, 6) is 2.05. The highest BCUT2D eigenvalue weighted by molar-refractivity contribution is 8.00. The lowest BCUT2D eigenvalue weighted by atomic mass is 10.0. The summed E-state index contributed by atoms with van der Waals surface area (Å²) in [5.41, 5.74) is 3.78. The first-order valence-corrected chi connectivity index (χ1v) is 14.2. The van der Waals surface area contributed by atoms with E-state index >= 15 is 0 Å². The maximum Gasteiger partial charge on any atom is 0.239 e. The van der Waals surface area contributed by atoms with E-state index in [0.717, 1.165) is 38.6 Å². The molecule has 0 saturated heterocycles. The number of hydrogen-bond donors (Lipinski definition) is 1. The number of aromatic nitrogens is 4. The van der Waals surface area contributed by atoms with E-state index in [1.54, 1.807) is 21.3 Å². The Bertz CT molecular complexity index is 1620. The molecule has 1 amide bonds. The quantitative estimate of drug-likeness (QED) is 0.191. The molecule has 0 aliphatic heterocycles. The van der Waals surface area contributed by atoms with E-state index in [1.807, 2.05) is 73.7 Å². The van der Waals surface area contributed by atoms with Gasteiger partial charge in [0.05, 0.1) is 36.8 Å². The van der Waals surface area contributed by atoms with E-state index < -0.39 is 5.25 Å². The largest absolute Gasteiger partial charge is 0.497 e. The lowest BCUT2D eigenvalue weighted by molar-refractivity contribution is -0.115. The molecule has 11 heteroatoms. The molecule has 0 bridgehead atoms. The summed E-state index contributed by atoms with van der Waals surface area (Å²) >= 11 is 2.67. The van der Waals surface area contributed by atoms with Crippen molar-refractivity contribution in [1.82, 2.24) is 20.2 Å². The predicted octanol–water partition coefficient (Wildman–Crippen LogP) is 6.35. The zero-order valence-electron chi connectivity index (χ0n) is 22.4. The standard InChI is InChI=1S/C29H27N5O4S2/c1-5-23(27(35)32-28-30-22-15-14-21(38-4)16-24(22)40-28)39-29-31-25(17-6-10-19(36-2)11-7-17)26(33-34-29)18-8-12-20(37-3)13-9-18/h6-16,23H,5H2,1-4H3,(H,30,32,35). The minimum Gasteiger partial charge on any atom is -0.497 e. The zero-order valence-corrected chi connectivity index (χ0v) is 24.0. The second kappa shape index (κ2) is 12.3. The van der Waals surface area contributed by atoms with Crippen LogP contribution in [-0.2, 0) is 4.79 Å². The monoisotopic (exact) mass is 573 g/mol. The number of benzene rings is 3. The van der Waals surface area contributed by atoms with E-state index in [2.05, 4.69) is 20.5 Å². The molecule has 40 heavy (non-hydrogen) atoms. The van der Waals surface area contributed by atoms with Gasteiger partial charge < -0.3 is 19.5 Å². The number of amides is 1. The fraction of sp³-hybridized carbons (Fsp3) is 0.207. The lowest BCUT2D eigenvalue weighted by Crippen LogP contribution is -2.24. The minimum atomic E-state index is -0.445. The fourth-order valence-corrected chi connectivity index (χ4v) is 5.69. The van der Waals surface area contributed by atoms with Gasteiger partial charge in [0.2, 0.25) is 11.1 Å². The number of carbonyl (C=O) groups is 1. The highest BCUT2D eigenvalue weighted by Gasteiger charge is 2.23. The van der Waals surface area contributed by atoms with Crippen LogP contribution in [-0.4, -0.2) is 52.7 Å². The van der Waals surface area contributed by atoms with Crippen molar-refractivity contribution in [2.45, 2.75) is 23.8 Å². The molecule has 1 unspecified atom stereocenters. The van der Waals surface area contributed by atoms with Crippen LogP contribution in [0.25, 0.3) is 32.7 Å². The van der Waals surface area contributed by atoms with Gasteiger partial charge in [-0.05, 0) is 73.2 Å². The van der Waals surface area contributed by atoms with Crippen LogP contribution in [0.15, 0.2) is 71.9 Å². The number of ether oxygens (including phenoxy) is 3. The summed E-state index contributed by atoms with van der Waals surface area (Å²) in [5, 5.41) is 12.4. The topological polar surface area (TPSA) is 108 Å². The fourth-order valence-electron chi connectivity index (χ4n) is 3.98. The maximum atomic E-state index is 13.2. The van der Waals surface area contributed by atoms with Crippen LogP contribution >= 0.6 is 23.1 Å². The molecule has 0 aliphatic carbocycles. The molecule has 3 aromatic carbocycles. The Morgan fingerprint density at radius 1 is 0.825 bits per heavy atom. The molecule has 2 aromatic heterocycles. The maximum absolute atomic E-state index is 13.2. The molecule has 0 fully saturated rings. The van der Waals surface area contributed by atoms with Crippen molar-refractivity contribution >= 4 is 44.4 Å². The summed E-state index contributed by atoms with van der Waals surface area (Å²) in [6, 6.07) is 20.8. The second-order valence-corrected chi connectivity index (χ2v) is 10.8. The summed E-state index contributed by atoms with van der Waals surface area (Å²) < 4.78 is 16.8. The zero-order chi connectivity index (χ0) is 28.1. The minimum absolute atomic E-state index is 0.174. The average molecular weight is 574 g/mol. The van der Waals surface area contributed by atoms with Gasteiger partial charge in [-0.15, -0.1) is 10.2 Å². The van der Waals surface area contributed by atoms with Crippen LogP contribution in [0.4, 0.5) is 5.13 Å². The van der Waals surface area contributed by atoms with Crippen molar-refractivity contribution in [2.24, 2.45) is 0 Å². The Morgan fingerprint density at radius 3 is 2.02 bits per heavy atom. The van der Waals surface area contributed by atoms with Crippen molar-refractivity contribution in [3.63, 3.8) is 0 Å². The van der Waals surface area contributed by atoms with Gasteiger partial charge >= 0.3 is 0 Å². The van der Waals surface area contributed by atoms with Crippen LogP contribution < -0.4 is 19.5 Å². The van der Waals surface area contributed by atoms with Crippen LogP contribution in [0.5, 0.6) is 17.2 Å². The number of hydrogen-bond acceptors (Lipinski definition) is 10. The van der Waals surface area contributed by atoms with Gasteiger partial charge in [-0.2, -0.15) is 0 Å². The van der Waals surface area contributed by atoms with Gasteiger partial charge in [0.1, 0.15) is 28.6 Å². The average Bonchev–Trinajstić information content (AvgIpc) is 3.41. The Labute approximate surface area is 240 Å². The van der Waals surface area contributed by atoms with E-state index in [1.165, 1.54) is 23.1 Å². The van der Waals surface area contributed by atoms with Gasteiger partial charge in [0, 0.05) is 11.1 Å². The molecule has 0 saturated carbocycles. The second-order valence-electron chi connectivity index (χ2n) is 8.61. The van der Waals surface area contributed by atoms with Crippen molar-refractivity contribution in [3.05, 3.63) is 66.7 Å². The molecular weight excluding hydrogens is 546 g/mol. The molecule has 2 heterocycles. The number of carbonyl (C=O) groups excluding carboxylic acids is 1. The van der Waals surface area contributed by atoms with Crippen LogP contribution in [0.2, 0.25) is 0 Å². The molecule has 9 nitrogen and oxygen atoms in total. The number of thioether (sulfide) groups is 1. The van der Waals surface area contributed by atoms with Gasteiger partial charge in [-0.25, -0.2) is 9.97 Å². The highest BCUT2D eigenvalue weighted by Crippen LogP contribution is 2.34. The number of nitrogens with zero attached hydrogens (tertiary/aromatic N) is 4. The van der Waals surface area contributed by atoms with Gasteiger partial charge in [0.15, 0.2) is 5.13 Å². The first kappa shape index (κ1) is 27.4. The molecule has 204 valence electrons. The summed E-state index contributed by atoms with van der Waals surface area (Å²) in [6.07, 6.45) is 0.566. The molecule has 5 aromatic rings. The number of nitrogens with one attached hydrogen (secondary N) is 1. The van der Waals surface area contributed by atoms with Crippen LogP contribution in [0, 0.1) is 0 Å². The summed E-state index contributed by atoms with van der Waals surface area (Å²) in [6.45, 7) is 1.95. The molecule has 0 aliphatic rings. The third-order valence-corrected chi connectivity index (χ3v) is 8.28. The SMILES string of the molecule is CCC(Sc1nnc(-c2ccc(OC)cc2)c(-c2ccc(OC)cc2)n1)C(=O)Nc1nc2ccc(OC)cc2s1. The molecule has 1 atom stereocenters. The van der Waals surface area contributed by atoms with E-state index in [9.17, 15) is 4.79 Å². The summed E-state index contributed by atoms with van der Waals surface area (Å²) in [7, 11) is 4.87. The first-order valence-electron chi connectivity index (χ1n) is 12.5. The van der Waals surface area contributed by atoms with Crippen LogP contribution in [0.1, 0.15) is 13.3 Å². The molecule has 0 radical (unpaired) electrons. The van der Waals surface area contributed by atoms with Crippen LogP contribution in [0.3, 0.4) is 0 Å². The Kier molecular flexibility index (Phi) is 8.42. The molecular formula is C29H27N5O4S2. The number of fused-ring (bicyclic) bond motifs is 1. The normalized spacial score (nSPS) is 11.7. The lowest BCUT2D eigenvalue weighted by Gasteiger charge is -2.14. The number of rotatable bonds is 10. The van der Waals surface area contributed by atoms with Gasteiger partial charge in [-0.1, -0.05) is 30.0 Å². The number of thiazole rings is 1. The third kappa shape index (κ3) is 6.00. The smallest absolute Gasteiger partial charge is 0.239 e. The molecule has 1 N–H and O–H groups in total. The Morgan fingerprint density at radius 2 is 1.43 bits per heavy atom. The van der Waals surface area contributed by atoms with E-state index in [-0.39, 0.29) is 5.91 Å². The number of methoxy groups -OCH3 is 3. The third-order valence-electron chi connectivity index (χ3n) is 6.13. The van der Waals surface area contributed by atoms with Crippen molar-refractivity contribution in [2.75, 3.05) is 26.6 Å². The van der Waals surface area contributed by atoms with Crippen molar-refractivity contribution < 1.29 is 19.0 Å². The first-order chi connectivity index (χ1) is 19.5. The van der Waals surface area contributed by atoms with Gasteiger partial charge in [-0.3, -0.25) is 4.79 Å². The summed E-state index contributed by atoms with van der Waals surface area (Å²) in [4.78, 5) is 22.6. The van der Waals surface area contributed by atoms with E-state index in [4.69, 9.17) is 19.2 Å². The predicted molar refractivity (Wildman–Crippen MR) is 159 cm³/mol. The van der Waals surface area contributed by atoms with Crippen molar-refractivity contribution in [1.29, 1.82) is 0 Å². The highest BCUT2D eigenvalue weighted by atomic mass is 32.2. The molecule has 0 spiro atoms. The Balaban J connectivity index is 1.42. The van der Waals surface area contributed by atoms with E-state index in [0.29, 0.717) is 28.1 Å².